The summed E-state index contributed by atoms with van der Waals surface area (Å²) in [5, 5.41) is 11.1. The maximum absolute atomic E-state index is 10.4. The monoisotopic (exact) mass is 388 g/mol. The van der Waals surface area contributed by atoms with Crippen molar-refractivity contribution < 1.29 is 9.84 Å². The predicted octanol–water partition coefficient (Wildman–Crippen LogP) is 3.51. The van der Waals surface area contributed by atoms with Gasteiger partial charge in [-0.25, -0.2) is 0 Å². The first kappa shape index (κ1) is 20.2. The van der Waals surface area contributed by atoms with E-state index in [-0.39, 0.29) is 0 Å². The Kier molecular flexibility index (Phi) is 7.13. The van der Waals surface area contributed by atoms with Crippen molar-refractivity contribution in [2.24, 2.45) is 0 Å². The highest BCUT2D eigenvalue weighted by atomic mass is 35.5. The molecule has 2 aromatic carbocycles. The minimum atomic E-state index is -0.498. The predicted molar refractivity (Wildman–Crippen MR) is 111 cm³/mol. The normalized spacial score (nSPS) is 17.0. The number of nitrogens with zero attached hydrogens (tertiary/aromatic N) is 2. The summed E-state index contributed by atoms with van der Waals surface area (Å²) in [6.07, 6.45) is -0.498. The molecule has 2 aromatic rings. The van der Waals surface area contributed by atoms with E-state index < -0.39 is 6.10 Å². The molecule has 1 atom stereocenters. The first-order valence-electron chi connectivity index (χ1n) is 9.57. The van der Waals surface area contributed by atoms with Crippen molar-refractivity contribution in [3.63, 3.8) is 0 Å². The molecular weight excluding hydrogens is 360 g/mol. The summed E-state index contributed by atoms with van der Waals surface area (Å²) in [6.45, 7) is 9.87. The van der Waals surface area contributed by atoms with E-state index in [0.29, 0.717) is 13.2 Å². The molecule has 5 heteroatoms. The van der Waals surface area contributed by atoms with Crippen LogP contribution in [0.15, 0.2) is 42.5 Å². The van der Waals surface area contributed by atoms with Crippen LogP contribution in [-0.2, 0) is 6.54 Å². The molecule has 0 unspecified atom stereocenters. The Labute approximate surface area is 167 Å². The number of hydrogen-bond acceptors (Lipinski definition) is 4. The van der Waals surface area contributed by atoms with Gasteiger partial charge < -0.3 is 9.84 Å². The molecule has 0 bridgehead atoms. The lowest BCUT2D eigenvalue weighted by atomic mass is 10.1. The highest BCUT2D eigenvalue weighted by Gasteiger charge is 2.19. The molecule has 0 amide bonds. The minimum absolute atomic E-state index is 0.296. The Morgan fingerprint density at radius 2 is 1.59 bits per heavy atom. The van der Waals surface area contributed by atoms with E-state index in [2.05, 4.69) is 40.1 Å². The number of halogens is 1. The minimum Gasteiger partial charge on any atom is -0.491 e. The van der Waals surface area contributed by atoms with E-state index in [1.807, 2.05) is 26.0 Å². The van der Waals surface area contributed by atoms with Crippen LogP contribution in [0, 0.1) is 13.8 Å². The molecule has 1 saturated heterocycles. The molecule has 0 spiro atoms. The van der Waals surface area contributed by atoms with Crippen molar-refractivity contribution in [3.8, 4) is 5.75 Å². The lowest BCUT2D eigenvalue weighted by Crippen LogP contribution is -2.48. The molecule has 146 valence electrons. The molecule has 0 saturated carbocycles. The molecule has 1 fully saturated rings. The number of benzene rings is 2. The lowest BCUT2D eigenvalue weighted by Gasteiger charge is -2.35. The number of β-amino-alcohol motifs (C(OH)–C–C–N with tert-alkyl or cyclic N) is 1. The fourth-order valence-electron chi connectivity index (χ4n) is 3.50. The zero-order valence-corrected chi connectivity index (χ0v) is 17.0. The van der Waals surface area contributed by atoms with E-state index >= 15 is 0 Å². The largest absolute Gasteiger partial charge is 0.491 e. The second-order valence-electron chi connectivity index (χ2n) is 7.40. The molecule has 27 heavy (non-hydrogen) atoms. The molecule has 0 radical (unpaired) electrons. The van der Waals surface area contributed by atoms with Gasteiger partial charge in [-0.3, -0.25) is 9.80 Å². The third-order valence-corrected chi connectivity index (χ3v) is 5.63. The number of aliphatic hydroxyl groups excluding tert-OH is 1. The van der Waals surface area contributed by atoms with Gasteiger partial charge >= 0.3 is 0 Å². The van der Waals surface area contributed by atoms with Crippen LogP contribution in [0.2, 0.25) is 5.02 Å². The van der Waals surface area contributed by atoms with Gasteiger partial charge in [0, 0.05) is 44.3 Å². The number of aliphatic hydroxyl groups is 1. The van der Waals surface area contributed by atoms with Gasteiger partial charge in [0.2, 0.25) is 0 Å². The average Bonchev–Trinajstić information content (AvgIpc) is 2.67. The molecular formula is C22H29ClN2O2. The van der Waals surface area contributed by atoms with Crippen LogP contribution in [0.4, 0.5) is 0 Å². The van der Waals surface area contributed by atoms with Crippen LogP contribution in [0.1, 0.15) is 16.7 Å². The van der Waals surface area contributed by atoms with Gasteiger partial charge in [-0.05, 0) is 42.7 Å². The SMILES string of the molecule is Cc1cc(OC[C@H](O)CN2CCN(Cc3ccccc3)CC2)cc(C)c1Cl. The molecule has 1 N–H and O–H groups in total. The van der Waals surface area contributed by atoms with Gasteiger partial charge in [-0.1, -0.05) is 41.9 Å². The molecule has 4 nitrogen and oxygen atoms in total. The Morgan fingerprint density at radius 3 is 2.22 bits per heavy atom. The molecule has 1 heterocycles. The van der Waals surface area contributed by atoms with Gasteiger partial charge in [0.1, 0.15) is 18.5 Å². The first-order chi connectivity index (χ1) is 13.0. The van der Waals surface area contributed by atoms with Crippen molar-refractivity contribution in [2.75, 3.05) is 39.3 Å². The van der Waals surface area contributed by atoms with E-state index in [0.717, 1.165) is 54.6 Å². The standard InChI is InChI=1S/C22H29ClN2O2/c1-17-12-21(13-18(2)22(17)23)27-16-20(26)15-25-10-8-24(9-11-25)14-19-6-4-3-5-7-19/h3-7,12-13,20,26H,8-11,14-16H2,1-2H3/t20-/m1/s1. The molecule has 0 aliphatic carbocycles. The van der Waals surface area contributed by atoms with Crippen LogP contribution < -0.4 is 4.74 Å². The number of aryl methyl sites for hydroxylation is 2. The Morgan fingerprint density at radius 1 is 1.00 bits per heavy atom. The van der Waals surface area contributed by atoms with Crippen LogP contribution in [0.5, 0.6) is 5.75 Å². The van der Waals surface area contributed by atoms with Crippen molar-refractivity contribution in [1.82, 2.24) is 9.80 Å². The number of piperazine rings is 1. The van der Waals surface area contributed by atoms with Crippen molar-refractivity contribution in [2.45, 2.75) is 26.5 Å². The maximum atomic E-state index is 10.4. The molecule has 1 aliphatic rings. The third-order valence-electron chi connectivity index (χ3n) is 5.04. The summed E-state index contributed by atoms with van der Waals surface area (Å²) in [6, 6.07) is 14.4. The fraction of sp³-hybridized carbons (Fsp3) is 0.455. The summed E-state index contributed by atoms with van der Waals surface area (Å²) >= 11 is 6.19. The van der Waals surface area contributed by atoms with Gasteiger partial charge in [-0.2, -0.15) is 0 Å². The van der Waals surface area contributed by atoms with E-state index in [4.69, 9.17) is 16.3 Å². The zero-order chi connectivity index (χ0) is 19.2. The second kappa shape index (κ2) is 9.56. The molecule has 1 aliphatic heterocycles. The van der Waals surface area contributed by atoms with E-state index in [1.165, 1.54) is 5.56 Å². The summed E-state index contributed by atoms with van der Waals surface area (Å²) in [4.78, 5) is 4.78. The number of ether oxygens (including phenoxy) is 1. The number of rotatable bonds is 7. The van der Waals surface area contributed by atoms with Crippen LogP contribution in [-0.4, -0.2) is 60.3 Å². The van der Waals surface area contributed by atoms with Gasteiger partial charge in [0.05, 0.1) is 0 Å². The Balaban J connectivity index is 1.40. The highest BCUT2D eigenvalue weighted by Crippen LogP contribution is 2.25. The van der Waals surface area contributed by atoms with Gasteiger partial charge in [0.15, 0.2) is 0 Å². The van der Waals surface area contributed by atoms with Crippen molar-refractivity contribution in [3.05, 3.63) is 64.2 Å². The lowest BCUT2D eigenvalue weighted by molar-refractivity contribution is 0.0446. The summed E-state index contributed by atoms with van der Waals surface area (Å²) in [5.74, 6) is 0.765. The van der Waals surface area contributed by atoms with Crippen LogP contribution in [0.25, 0.3) is 0 Å². The smallest absolute Gasteiger partial charge is 0.120 e. The molecule has 0 aromatic heterocycles. The maximum Gasteiger partial charge on any atom is 0.120 e. The summed E-state index contributed by atoms with van der Waals surface area (Å²) in [7, 11) is 0. The molecule has 3 rings (SSSR count). The zero-order valence-electron chi connectivity index (χ0n) is 16.2. The van der Waals surface area contributed by atoms with Crippen molar-refractivity contribution >= 4 is 11.6 Å². The van der Waals surface area contributed by atoms with Crippen LogP contribution >= 0.6 is 11.6 Å². The van der Waals surface area contributed by atoms with E-state index in [1.54, 1.807) is 0 Å². The summed E-state index contributed by atoms with van der Waals surface area (Å²) in [5.41, 5.74) is 3.35. The van der Waals surface area contributed by atoms with Gasteiger partial charge in [-0.15, -0.1) is 0 Å². The number of hydrogen-bond donors (Lipinski definition) is 1. The topological polar surface area (TPSA) is 35.9 Å². The van der Waals surface area contributed by atoms with Crippen molar-refractivity contribution in [1.29, 1.82) is 0 Å². The first-order valence-corrected chi connectivity index (χ1v) is 9.95. The quantitative estimate of drug-likeness (QED) is 0.787. The highest BCUT2D eigenvalue weighted by molar-refractivity contribution is 6.32. The Bertz CT molecular complexity index is 707. The van der Waals surface area contributed by atoms with E-state index in [9.17, 15) is 5.11 Å². The van der Waals surface area contributed by atoms with Gasteiger partial charge in [0.25, 0.3) is 0 Å². The second-order valence-corrected chi connectivity index (χ2v) is 7.78. The fourth-order valence-corrected chi connectivity index (χ4v) is 3.61. The Hall–Kier alpha value is -1.59. The third kappa shape index (κ3) is 5.94. The average molecular weight is 389 g/mol. The summed E-state index contributed by atoms with van der Waals surface area (Å²) < 4.78 is 5.78. The van der Waals surface area contributed by atoms with Crippen LogP contribution in [0.3, 0.4) is 0 Å².